The van der Waals surface area contributed by atoms with Crippen LogP contribution in [-0.2, 0) is 9.47 Å². The number of aliphatic hydroxyl groups is 1. The molecule has 0 heterocycles. The minimum Gasteiger partial charge on any atom is -0.393 e. The quantitative estimate of drug-likeness (QED) is 0.564. The van der Waals surface area contributed by atoms with Gasteiger partial charge in [0.25, 0.3) is 0 Å². The maximum Gasteiger partial charge on any atom is 0.146 e. The van der Waals surface area contributed by atoms with Crippen molar-refractivity contribution in [2.75, 3.05) is 13.9 Å². The Kier molecular flexibility index (Phi) is 6.05. The van der Waals surface area contributed by atoms with Gasteiger partial charge in [-0.15, -0.1) is 0 Å². The van der Waals surface area contributed by atoms with E-state index in [0.29, 0.717) is 29.6 Å². The Morgan fingerprint density at radius 1 is 1.07 bits per heavy atom. The van der Waals surface area contributed by atoms with Crippen molar-refractivity contribution < 1.29 is 14.6 Å². The Bertz CT molecular complexity index is 665. The van der Waals surface area contributed by atoms with Gasteiger partial charge >= 0.3 is 0 Å². The number of ether oxygens (including phenoxy) is 2. The summed E-state index contributed by atoms with van der Waals surface area (Å²) in [6, 6.07) is 0. The van der Waals surface area contributed by atoms with E-state index in [2.05, 4.69) is 32.9 Å². The second-order valence-electron chi connectivity index (χ2n) is 11.1. The minimum atomic E-state index is -0.183. The van der Waals surface area contributed by atoms with Crippen LogP contribution < -0.4 is 0 Å². The third-order valence-electron chi connectivity index (χ3n) is 9.42. The van der Waals surface area contributed by atoms with E-state index in [-0.39, 0.29) is 6.10 Å². The molecule has 0 aliphatic heterocycles. The molecule has 0 aromatic carbocycles. The molecule has 3 nitrogen and oxygen atoms in total. The lowest BCUT2D eigenvalue weighted by atomic mass is 9.50. The highest BCUT2D eigenvalue weighted by atomic mass is 16.7. The standard InChI is InChI=1S/C26H42O3/c1-17(14-18(2)27)22-8-9-23-21-7-6-19-15-20(29-16-28-5)10-12-25(19,3)24(21)11-13-26(22,23)4/h6-7,17-18,20,22-24,27H,8-16H2,1-5H3/t17?,18?,20-,22+,23-,24-,25-,26+/m0/s1. The summed E-state index contributed by atoms with van der Waals surface area (Å²) in [5.74, 6) is 2.82. The first-order valence-electron chi connectivity index (χ1n) is 12.0. The number of rotatable bonds is 6. The molecule has 0 spiro atoms. The van der Waals surface area contributed by atoms with Gasteiger partial charge in [-0.2, -0.15) is 0 Å². The summed E-state index contributed by atoms with van der Waals surface area (Å²) in [7, 11) is 1.71. The van der Waals surface area contributed by atoms with Gasteiger partial charge in [-0.05, 0) is 92.8 Å². The molecule has 3 heteroatoms. The van der Waals surface area contributed by atoms with E-state index in [1.807, 2.05) is 6.92 Å². The molecular formula is C26H42O3. The number of methoxy groups -OCH3 is 1. The van der Waals surface area contributed by atoms with Gasteiger partial charge in [0, 0.05) is 7.11 Å². The van der Waals surface area contributed by atoms with Crippen LogP contribution in [0, 0.1) is 34.5 Å². The van der Waals surface area contributed by atoms with Gasteiger partial charge in [-0.3, -0.25) is 0 Å². The van der Waals surface area contributed by atoms with E-state index in [9.17, 15) is 5.11 Å². The Morgan fingerprint density at radius 3 is 2.59 bits per heavy atom. The molecule has 1 N–H and O–H groups in total. The average molecular weight is 403 g/mol. The molecular weight excluding hydrogens is 360 g/mol. The van der Waals surface area contributed by atoms with Gasteiger partial charge in [0.15, 0.2) is 0 Å². The summed E-state index contributed by atoms with van der Waals surface area (Å²) >= 11 is 0. The van der Waals surface area contributed by atoms with Crippen LogP contribution in [0.2, 0.25) is 0 Å². The number of allylic oxidation sites excluding steroid dienone is 3. The number of hydrogen-bond donors (Lipinski definition) is 1. The highest BCUT2D eigenvalue weighted by molar-refractivity contribution is 5.38. The van der Waals surface area contributed by atoms with Crippen molar-refractivity contribution >= 4 is 0 Å². The SMILES string of the molecule is COCO[C@H]1CC[C@@]2(C)C(=CC=C3[C@@H]4CC[C@H](C(C)CC(C)O)[C@@]4(C)CC[C@@H]32)C1. The summed E-state index contributed by atoms with van der Waals surface area (Å²) in [5.41, 5.74) is 4.10. The van der Waals surface area contributed by atoms with Crippen LogP contribution in [0.3, 0.4) is 0 Å². The summed E-state index contributed by atoms with van der Waals surface area (Å²) in [5, 5.41) is 9.95. The maximum atomic E-state index is 9.95. The number of fused-ring (bicyclic) bond motifs is 5. The van der Waals surface area contributed by atoms with Crippen LogP contribution >= 0.6 is 0 Å². The van der Waals surface area contributed by atoms with Crippen molar-refractivity contribution in [3.05, 3.63) is 23.3 Å². The van der Waals surface area contributed by atoms with Gasteiger partial charge < -0.3 is 14.6 Å². The molecule has 0 aromatic rings. The maximum absolute atomic E-state index is 9.95. The predicted octanol–water partition coefficient (Wildman–Crippen LogP) is 5.88. The first kappa shape index (κ1) is 21.6. The van der Waals surface area contributed by atoms with Crippen molar-refractivity contribution in [3.8, 4) is 0 Å². The second kappa shape index (κ2) is 8.13. The van der Waals surface area contributed by atoms with Crippen LogP contribution in [0.4, 0.5) is 0 Å². The summed E-state index contributed by atoms with van der Waals surface area (Å²) < 4.78 is 11.0. The average Bonchev–Trinajstić information content (AvgIpc) is 3.03. The summed E-state index contributed by atoms with van der Waals surface area (Å²) in [4.78, 5) is 0. The highest BCUT2D eigenvalue weighted by Crippen LogP contribution is 2.66. The smallest absolute Gasteiger partial charge is 0.146 e. The van der Waals surface area contributed by atoms with Crippen molar-refractivity contribution in [2.45, 2.75) is 91.3 Å². The number of hydrogen-bond acceptors (Lipinski definition) is 3. The lowest BCUT2D eigenvalue weighted by Crippen LogP contribution is -2.46. The van der Waals surface area contributed by atoms with Gasteiger partial charge in [-0.1, -0.05) is 44.1 Å². The van der Waals surface area contributed by atoms with Crippen LogP contribution in [-0.4, -0.2) is 31.2 Å². The van der Waals surface area contributed by atoms with Crippen molar-refractivity contribution in [1.29, 1.82) is 0 Å². The fraction of sp³-hybridized carbons (Fsp3) is 0.846. The van der Waals surface area contributed by atoms with Crippen LogP contribution in [0.25, 0.3) is 0 Å². The second-order valence-corrected chi connectivity index (χ2v) is 11.1. The predicted molar refractivity (Wildman–Crippen MR) is 117 cm³/mol. The van der Waals surface area contributed by atoms with Gasteiger partial charge in [0.1, 0.15) is 6.79 Å². The Labute approximate surface area is 177 Å². The van der Waals surface area contributed by atoms with E-state index in [4.69, 9.17) is 9.47 Å². The van der Waals surface area contributed by atoms with Gasteiger partial charge in [0.2, 0.25) is 0 Å². The summed E-state index contributed by atoms with van der Waals surface area (Å²) in [6.07, 6.45) is 14.9. The van der Waals surface area contributed by atoms with E-state index >= 15 is 0 Å². The molecule has 3 saturated carbocycles. The molecule has 0 amide bonds. The van der Waals surface area contributed by atoms with E-state index in [1.54, 1.807) is 18.3 Å². The third-order valence-corrected chi connectivity index (χ3v) is 9.42. The molecule has 0 bridgehead atoms. The molecule has 164 valence electrons. The Hall–Kier alpha value is -0.640. The zero-order valence-electron chi connectivity index (χ0n) is 19.2. The molecule has 0 aromatic heterocycles. The molecule has 4 rings (SSSR count). The zero-order chi connectivity index (χ0) is 20.8. The van der Waals surface area contributed by atoms with Crippen LogP contribution in [0.15, 0.2) is 23.3 Å². The molecule has 3 fully saturated rings. The van der Waals surface area contributed by atoms with E-state index in [0.717, 1.165) is 37.0 Å². The van der Waals surface area contributed by atoms with Crippen molar-refractivity contribution in [2.24, 2.45) is 34.5 Å². The first-order chi connectivity index (χ1) is 13.8. The molecule has 29 heavy (non-hydrogen) atoms. The topological polar surface area (TPSA) is 38.7 Å². The third kappa shape index (κ3) is 3.66. The lowest BCUT2D eigenvalue weighted by molar-refractivity contribution is -0.0865. The fourth-order valence-electron chi connectivity index (χ4n) is 7.95. The molecule has 4 aliphatic rings. The normalized spacial score (nSPS) is 43.5. The molecule has 0 radical (unpaired) electrons. The van der Waals surface area contributed by atoms with Gasteiger partial charge in [-0.25, -0.2) is 0 Å². The molecule has 2 unspecified atom stereocenters. The molecule has 4 aliphatic carbocycles. The summed E-state index contributed by atoms with van der Waals surface area (Å²) in [6.45, 7) is 9.85. The lowest BCUT2D eigenvalue weighted by Gasteiger charge is -2.55. The first-order valence-corrected chi connectivity index (χ1v) is 12.0. The monoisotopic (exact) mass is 402 g/mol. The fourth-order valence-corrected chi connectivity index (χ4v) is 7.95. The molecule has 8 atom stereocenters. The number of aliphatic hydroxyl groups excluding tert-OH is 1. The zero-order valence-corrected chi connectivity index (χ0v) is 19.2. The van der Waals surface area contributed by atoms with Crippen molar-refractivity contribution in [3.63, 3.8) is 0 Å². The van der Waals surface area contributed by atoms with Gasteiger partial charge in [0.05, 0.1) is 12.2 Å². The van der Waals surface area contributed by atoms with Crippen LogP contribution in [0.5, 0.6) is 0 Å². The van der Waals surface area contributed by atoms with Crippen molar-refractivity contribution in [1.82, 2.24) is 0 Å². The highest BCUT2D eigenvalue weighted by Gasteiger charge is 2.57. The largest absolute Gasteiger partial charge is 0.393 e. The Balaban J connectivity index is 1.56. The van der Waals surface area contributed by atoms with E-state index in [1.165, 1.54) is 32.1 Å². The minimum absolute atomic E-state index is 0.183. The molecule has 0 saturated heterocycles. The Morgan fingerprint density at radius 2 is 1.86 bits per heavy atom. The van der Waals surface area contributed by atoms with E-state index < -0.39 is 0 Å². The van der Waals surface area contributed by atoms with Crippen LogP contribution in [0.1, 0.15) is 79.1 Å².